The molecule has 1 N–H and O–H groups in total. The van der Waals surface area contributed by atoms with Crippen LogP contribution in [0.2, 0.25) is 0 Å². The van der Waals surface area contributed by atoms with Crippen LogP contribution in [0, 0.1) is 0 Å². The number of esters is 1. The zero-order valence-electron chi connectivity index (χ0n) is 19.6. The Bertz CT molecular complexity index is 1010. The molecule has 0 saturated heterocycles. The first-order valence-electron chi connectivity index (χ1n) is 11.3. The van der Waals surface area contributed by atoms with Crippen molar-refractivity contribution in [3.63, 3.8) is 0 Å². The number of carbonyl (C=O) groups excluding carboxylic acids is 2. The van der Waals surface area contributed by atoms with Gasteiger partial charge in [0.1, 0.15) is 18.3 Å². The minimum atomic E-state index is -1.70. The summed E-state index contributed by atoms with van der Waals surface area (Å²) in [6, 6.07) is 28.0. The van der Waals surface area contributed by atoms with Crippen molar-refractivity contribution in [2.24, 2.45) is 0 Å². The van der Waals surface area contributed by atoms with Crippen LogP contribution in [-0.4, -0.2) is 48.9 Å². The standard InChI is InChI=1S/C28H30O7/c1-32-28(31)25(30)27(35-20-23-15-9-4-10-16-23)26(34-19-22-13-7-3-8-14-22)24(17-29)33-18-21-11-5-2-6-12-21/h2-17,24-27,30H,18-20H2,1H3/t24-,25-,26+,27+/m0/s1. The first-order valence-corrected chi connectivity index (χ1v) is 11.3. The molecule has 0 bridgehead atoms. The smallest absolute Gasteiger partial charge is 0.337 e. The molecule has 0 aliphatic rings. The van der Waals surface area contributed by atoms with E-state index < -0.39 is 30.4 Å². The van der Waals surface area contributed by atoms with Gasteiger partial charge in [-0.05, 0) is 16.7 Å². The number of benzene rings is 3. The lowest BCUT2D eigenvalue weighted by Gasteiger charge is -2.33. The van der Waals surface area contributed by atoms with Crippen molar-refractivity contribution in [3.8, 4) is 0 Å². The molecule has 7 heteroatoms. The molecule has 0 heterocycles. The molecule has 0 amide bonds. The summed E-state index contributed by atoms with van der Waals surface area (Å²) in [5.41, 5.74) is 2.53. The van der Waals surface area contributed by atoms with Crippen molar-refractivity contribution in [2.75, 3.05) is 7.11 Å². The molecular formula is C28H30O7. The van der Waals surface area contributed by atoms with E-state index >= 15 is 0 Å². The average molecular weight is 479 g/mol. The quantitative estimate of drug-likeness (QED) is 0.280. The van der Waals surface area contributed by atoms with Gasteiger partial charge in [0.15, 0.2) is 12.4 Å². The first kappa shape index (κ1) is 26.2. The highest BCUT2D eigenvalue weighted by Crippen LogP contribution is 2.21. The highest BCUT2D eigenvalue weighted by Gasteiger charge is 2.40. The monoisotopic (exact) mass is 478 g/mol. The highest BCUT2D eigenvalue weighted by molar-refractivity contribution is 5.75. The molecule has 0 aliphatic heterocycles. The summed E-state index contributed by atoms with van der Waals surface area (Å²) < 4.78 is 22.7. The van der Waals surface area contributed by atoms with Crippen LogP contribution < -0.4 is 0 Å². The van der Waals surface area contributed by atoms with Gasteiger partial charge in [0, 0.05) is 0 Å². The molecule has 0 spiro atoms. The fourth-order valence-electron chi connectivity index (χ4n) is 3.51. The molecule has 3 rings (SSSR count). The maximum absolute atomic E-state index is 12.3. The van der Waals surface area contributed by atoms with Crippen molar-refractivity contribution in [3.05, 3.63) is 108 Å². The van der Waals surface area contributed by atoms with Crippen molar-refractivity contribution in [1.82, 2.24) is 0 Å². The fraction of sp³-hybridized carbons (Fsp3) is 0.286. The second kappa shape index (κ2) is 14.1. The molecule has 4 atom stereocenters. The van der Waals surface area contributed by atoms with Gasteiger partial charge >= 0.3 is 5.97 Å². The maximum atomic E-state index is 12.3. The van der Waals surface area contributed by atoms with Gasteiger partial charge in [0.2, 0.25) is 0 Å². The third kappa shape index (κ3) is 8.12. The third-order valence-electron chi connectivity index (χ3n) is 5.39. The third-order valence-corrected chi connectivity index (χ3v) is 5.39. The maximum Gasteiger partial charge on any atom is 0.337 e. The van der Waals surface area contributed by atoms with E-state index in [2.05, 4.69) is 0 Å². The van der Waals surface area contributed by atoms with E-state index in [1.54, 1.807) is 0 Å². The number of aldehydes is 1. The van der Waals surface area contributed by atoms with Crippen molar-refractivity contribution >= 4 is 12.3 Å². The molecule has 0 fully saturated rings. The summed E-state index contributed by atoms with van der Waals surface area (Å²) in [7, 11) is 1.17. The normalized spacial score (nSPS) is 14.5. The van der Waals surface area contributed by atoms with Crippen molar-refractivity contribution in [1.29, 1.82) is 0 Å². The summed E-state index contributed by atoms with van der Waals surface area (Å²) >= 11 is 0. The Balaban J connectivity index is 1.86. The first-order chi connectivity index (χ1) is 17.1. The van der Waals surface area contributed by atoms with E-state index in [4.69, 9.17) is 18.9 Å². The molecule has 0 unspecified atom stereocenters. The molecule has 184 valence electrons. The van der Waals surface area contributed by atoms with Crippen LogP contribution in [0.25, 0.3) is 0 Å². The molecule has 7 nitrogen and oxygen atoms in total. The summed E-state index contributed by atoms with van der Waals surface area (Å²) in [5.74, 6) is -0.899. The molecule has 35 heavy (non-hydrogen) atoms. The Kier molecular flexibility index (Phi) is 10.6. The Morgan fingerprint density at radius 1 is 0.714 bits per heavy atom. The molecule has 0 saturated carbocycles. The predicted molar refractivity (Wildman–Crippen MR) is 129 cm³/mol. The summed E-state index contributed by atoms with van der Waals surface area (Å²) in [5, 5.41) is 10.8. The number of aliphatic hydroxyl groups is 1. The molecule has 0 radical (unpaired) electrons. The van der Waals surface area contributed by atoms with Gasteiger partial charge in [-0.15, -0.1) is 0 Å². The number of carbonyl (C=O) groups is 2. The number of hydrogen-bond donors (Lipinski definition) is 1. The number of ether oxygens (including phenoxy) is 4. The van der Waals surface area contributed by atoms with Gasteiger partial charge in [-0.2, -0.15) is 0 Å². The molecule has 0 aromatic heterocycles. The topological polar surface area (TPSA) is 91.3 Å². The second-order valence-electron chi connectivity index (χ2n) is 7.89. The Morgan fingerprint density at radius 3 is 1.51 bits per heavy atom. The Labute approximate surface area is 205 Å². The van der Waals surface area contributed by atoms with Crippen LogP contribution >= 0.6 is 0 Å². The Morgan fingerprint density at radius 2 is 1.11 bits per heavy atom. The molecule has 3 aromatic carbocycles. The number of methoxy groups -OCH3 is 1. The largest absolute Gasteiger partial charge is 0.467 e. The van der Waals surface area contributed by atoms with Crippen LogP contribution in [0.1, 0.15) is 16.7 Å². The van der Waals surface area contributed by atoms with E-state index in [0.717, 1.165) is 16.7 Å². The van der Waals surface area contributed by atoms with E-state index in [9.17, 15) is 14.7 Å². The lowest BCUT2D eigenvalue weighted by Crippen LogP contribution is -2.52. The van der Waals surface area contributed by atoms with Crippen LogP contribution in [-0.2, 0) is 48.4 Å². The van der Waals surface area contributed by atoms with Gasteiger partial charge in [-0.1, -0.05) is 91.0 Å². The van der Waals surface area contributed by atoms with Crippen LogP contribution in [0.3, 0.4) is 0 Å². The van der Waals surface area contributed by atoms with Crippen LogP contribution in [0.15, 0.2) is 91.0 Å². The van der Waals surface area contributed by atoms with Crippen molar-refractivity contribution in [2.45, 2.75) is 44.2 Å². The van der Waals surface area contributed by atoms with E-state index in [1.807, 2.05) is 91.0 Å². The SMILES string of the molecule is COC(=O)[C@@H](O)[C@@H](OCc1ccccc1)[C@H](OCc1ccccc1)[C@H](C=O)OCc1ccccc1. The molecule has 3 aromatic rings. The minimum Gasteiger partial charge on any atom is -0.467 e. The van der Waals surface area contributed by atoms with Gasteiger partial charge in [0.05, 0.1) is 26.9 Å². The molecular weight excluding hydrogens is 448 g/mol. The summed E-state index contributed by atoms with van der Waals surface area (Å²) in [6.07, 6.45) is -4.57. The highest BCUT2D eigenvalue weighted by atomic mass is 16.6. The second-order valence-corrected chi connectivity index (χ2v) is 7.89. The molecule has 0 aliphatic carbocycles. The summed E-state index contributed by atoms with van der Waals surface area (Å²) in [4.78, 5) is 24.5. The zero-order valence-corrected chi connectivity index (χ0v) is 19.6. The van der Waals surface area contributed by atoms with Gasteiger partial charge in [-0.25, -0.2) is 4.79 Å². The lowest BCUT2D eigenvalue weighted by atomic mass is 10.0. The number of hydrogen-bond acceptors (Lipinski definition) is 7. The van der Waals surface area contributed by atoms with Crippen LogP contribution in [0.4, 0.5) is 0 Å². The number of rotatable bonds is 14. The van der Waals surface area contributed by atoms with E-state index in [-0.39, 0.29) is 19.8 Å². The number of aliphatic hydroxyl groups excluding tert-OH is 1. The zero-order chi connectivity index (χ0) is 24.9. The van der Waals surface area contributed by atoms with Gasteiger partial charge in [-0.3, -0.25) is 0 Å². The van der Waals surface area contributed by atoms with E-state index in [1.165, 1.54) is 7.11 Å². The summed E-state index contributed by atoms with van der Waals surface area (Å²) in [6.45, 7) is 0.327. The Hall–Kier alpha value is -3.36. The van der Waals surface area contributed by atoms with E-state index in [0.29, 0.717) is 6.29 Å². The predicted octanol–water partition coefficient (Wildman–Crippen LogP) is 3.48. The minimum absolute atomic E-state index is 0.0784. The fourth-order valence-corrected chi connectivity index (χ4v) is 3.51. The lowest BCUT2D eigenvalue weighted by molar-refractivity contribution is -0.191. The van der Waals surface area contributed by atoms with Gasteiger partial charge < -0.3 is 28.8 Å². The van der Waals surface area contributed by atoms with Crippen molar-refractivity contribution < 1.29 is 33.6 Å². The average Bonchev–Trinajstić information content (AvgIpc) is 2.92. The van der Waals surface area contributed by atoms with Gasteiger partial charge in [0.25, 0.3) is 0 Å². The van der Waals surface area contributed by atoms with Crippen LogP contribution in [0.5, 0.6) is 0 Å².